The summed E-state index contributed by atoms with van der Waals surface area (Å²) in [7, 11) is 4.55. The quantitative estimate of drug-likeness (QED) is 0.471. The zero-order valence-corrected chi connectivity index (χ0v) is 14.1. The van der Waals surface area contributed by atoms with E-state index in [0.29, 0.717) is 6.42 Å². The monoisotopic (exact) mass is 336 g/mol. The molecular weight excluding hydrogens is 318 g/mol. The van der Waals surface area contributed by atoms with Gasteiger partial charge in [0.1, 0.15) is 7.85 Å². The highest BCUT2D eigenvalue weighted by molar-refractivity contribution is 6.38. The third-order valence-corrected chi connectivity index (χ3v) is 4.18. The molecule has 1 aromatic heterocycles. The van der Waals surface area contributed by atoms with Gasteiger partial charge in [-0.05, 0) is 17.5 Å². The van der Waals surface area contributed by atoms with Crippen LogP contribution >= 0.6 is 11.6 Å². The van der Waals surface area contributed by atoms with E-state index in [0.717, 1.165) is 27.5 Å². The average molecular weight is 337 g/mol. The highest BCUT2D eigenvalue weighted by Gasteiger charge is 2.25. The number of esters is 2. The van der Waals surface area contributed by atoms with E-state index in [-0.39, 0.29) is 12.3 Å². The van der Waals surface area contributed by atoms with Gasteiger partial charge in [0, 0.05) is 11.3 Å². The molecule has 0 saturated carbocycles. The fourth-order valence-corrected chi connectivity index (χ4v) is 3.02. The van der Waals surface area contributed by atoms with E-state index in [4.69, 9.17) is 16.3 Å². The minimum atomic E-state index is -0.613. The SMILES string of the molecule is Bc1cc(C[C@@H](CC(=O)OC)C(=O)OC)c(CCl)c2cn[nH]c12. The summed E-state index contributed by atoms with van der Waals surface area (Å²) in [6.07, 6.45) is 2.04. The Morgan fingerprint density at radius 3 is 2.74 bits per heavy atom. The van der Waals surface area contributed by atoms with Gasteiger partial charge in [0.25, 0.3) is 0 Å². The molecular formula is C15H18BClN2O4. The molecule has 1 atom stereocenters. The van der Waals surface area contributed by atoms with Gasteiger partial charge < -0.3 is 9.47 Å². The minimum absolute atomic E-state index is 0.0344. The molecule has 1 N–H and O–H groups in total. The zero-order valence-electron chi connectivity index (χ0n) is 13.3. The molecule has 0 spiro atoms. The van der Waals surface area contributed by atoms with Gasteiger partial charge in [0.15, 0.2) is 0 Å². The molecule has 8 heteroatoms. The fourth-order valence-electron chi connectivity index (χ4n) is 2.70. The number of ether oxygens (including phenoxy) is 2. The fraction of sp³-hybridized carbons (Fsp3) is 0.400. The first-order chi connectivity index (χ1) is 11.0. The summed E-state index contributed by atoms with van der Waals surface area (Å²) in [5, 5.41) is 7.93. The first-order valence-corrected chi connectivity index (χ1v) is 7.70. The lowest BCUT2D eigenvalue weighted by molar-refractivity contribution is -0.151. The van der Waals surface area contributed by atoms with Crippen LogP contribution in [0.15, 0.2) is 12.3 Å². The summed E-state index contributed by atoms with van der Waals surface area (Å²) in [6, 6.07) is 1.96. The van der Waals surface area contributed by atoms with Crippen LogP contribution in [-0.2, 0) is 31.4 Å². The molecule has 0 bridgehead atoms. The first kappa shape index (κ1) is 17.3. The number of methoxy groups -OCH3 is 2. The molecule has 23 heavy (non-hydrogen) atoms. The van der Waals surface area contributed by atoms with E-state index in [1.165, 1.54) is 14.2 Å². The third kappa shape index (κ3) is 3.67. The van der Waals surface area contributed by atoms with Gasteiger partial charge >= 0.3 is 11.9 Å². The van der Waals surface area contributed by atoms with E-state index < -0.39 is 17.9 Å². The Labute approximate surface area is 139 Å². The summed E-state index contributed by atoms with van der Waals surface area (Å²) in [5.74, 6) is -1.22. The van der Waals surface area contributed by atoms with Crippen LogP contribution in [0.1, 0.15) is 17.5 Å². The molecule has 0 amide bonds. The van der Waals surface area contributed by atoms with Gasteiger partial charge in [0.05, 0.1) is 38.3 Å². The summed E-state index contributed by atoms with van der Waals surface area (Å²) in [5.41, 5.74) is 3.74. The van der Waals surface area contributed by atoms with E-state index in [9.17, 15) is 9.59 Å². The van der Waals surface area contributed by atoms with Crippen LogP contribution in [0.5, 0.6) is 0 Å². The van der Waals surface area contributed by atoms with Crippen molar-refractivity contribution in [3.63, 3.8) is 0 Å². The van der Waals surface area contributed by atoms with Crippen molar-refractivity contribution in [2.45, 2.75) is 18.7 Å². The molecule has 0 aliphatic rings. The maximum atomic E-state index is 12.0. The summed E-state index contributed by atoms with van der Waals surface area (Å²) in [4.78, 5) is 23.5. The second kappa shape index (κ2) is 7.50. The number of nitrogens with one attached hydrogen (secondary N) is 1. The molecule has 0 aliphatic heterocycles. The number of aromatic amines is 1. The molecule has 0 fully saturated rings. The van der Waals surface area contributed by atoms with Crippen LogP contribution < -0.4 is 5.46 Å². The van der Waals surface area contributed by atoms with Crippen molar-refractivity contribution in [3.8, 4) is 0 Å². The molecule has 0 saturated heterocycles. The van der Waals surface area contributed by atoms with E-state index in [2.05, 4.69) is 14.9 Å². The lowest BCUT2D eigenvalue weighted by atomic mass is 9.85. The Morgan fingerprint density at radius 2 is 2.13 bits per heavy atom. The molecule has 1 aromatic carbocycles. The Morgan fingerprint density at radius 1 is 1.39 bits per heavy atom. The second-order valence-electron chi connectivity index (χ2n) is 5.33. The van der Waals surface area contributed by atoms with Crippen molar-refractivity contribution in [2.24, 2.45) is 5.92 Å². The molecule has 122 valence electrons. The highest BCUT2D eigenvalue weighted by Crippen LogP contribution is 2.25. The number of carbonyl (C=O) groups excluding carboxylic acids is 2. The maximum Gasteiger partial charge on any atom is 0.309 e. The van der Waals surface area contributed by atoms with Gasteiger partial charge in [-0.3, -0.25) is 14.7 Å². The van der Waals surface area contributed by atoms with Gasteiger partial charge in [0.2, 0.25) is 0 Å². The van der Waals surface area contributed by atoms with Crippen LogP contribution in [0.3, 0.4) is 0 Å². The van der Waals surface area contributed by atoms with Crippen molar-refractivity contribution < 1.29 is 19.1 Å². The van der Waals surface area contributed by atoms with E-state index >= 15 is 0 Å². The number of benzene rings is 1. The number of halogens is 1. The normalized spacial score (nSPS) is 12.1. The van der Waals surface area contributed by atoms with Crippen LogP contribution in [0, 0.1) is 5.92 Å². The summed E-state index contributed by atoms with van der Waals surface area (Å²) < 4.78 is 9.47. The Balaban J connectivity index is 2.40. The minimum Gasteiger partial charge on any atom is -0.469 e. The number of carbonyl (C=O) groups is 2. The maximum absolute atomic E-state index is 12.0. The predicted molar refractivity (Wildman–Crippen MR) is 89.7 cm³/mol. The number of fused-ring (bicyclic) bond motifs is 1. The van der Waals surface area contributed by atoms with Crippen molar-refractivity contribution in [3.05, 3.63) is 23.4 Å². The van der Waals surface area contributed by atoms with Gasteiger partial charge in [-0.2, -0.15) is 5.10 Å². The largest absolute Gasteiger partial charge is 0.469 e. The third-order valence-electron chi connectivity index (χ3n) is 3.91. The standard InChI is InChI=1S/C15H18BClN2O4/c1-22-13(20)5-9(15(21)23-2)3-8-4-12(16)14-11(7-18-19-14)10(8)6-17/h4,7,9H,3,5-6,16H2,1-2H3,(H,18,19)/t9-/m0/s1. The molecule has 1 heterocycles. The smallest absolute Gasteiger partial charge is 0.309 e. The van der Waals surface area contributed by atoms with Gasteiger partial charge in [-0.15, -0.1) is 11.6 Å². The van der Waals surface area contributed by atoms with E-state index in [1.807, 2.05) is 13.9 Å². The Kier molecular flexibility index (Phi) is 5.66. The van der Waals surface area contributed by atoms with Crippen molar-refractivity contribution in [1.29, 1.82) is 0 Å². The Bertz CT molecular complexity index is 732. The van der Waals surface area contributed by atoms with Crippen LogP contribution in [0.4, 0.5) is 0 Å². The van der Waals surface area contributed by atoms with Gasteiger partial charge in [-0.1, -0.05) is 11.5 Å². The van der Waals surface area contributed by atoms with Crippen molar-refractivity contribution in [1.82, 2.24) is 10.2 Å². The predicted octanol–water partition coefficient (Wildman–Crippen LogP) is 0.455. The molecule has 6 nitrogen and oxygen atoms in total. The van der Waals surface area contributed by atoms with Crippen LogP contribution in [0.25, 0.3) is 10.9 Å². The number of rotatable bonds is 6. The molecule has 0 radical (unpaired) electrons. The molecule has 0 unspecified atom stereocenters. The number of hydrogen-bond acceptors (Lipinski definition) is 5. The molecule has 2 aromatic rings. The molecule has 0 aliphatic carbocycles. The number of H-pyrrole nitrogens is 1. The van der Waals surface area contributed by atoms with Gasteiger partial charge in [-0.25, -0.2) is 0 Å². The number of hydrogen-bond donors (Lipinski definition) is 1. The Hall–Kier alpha value is -2.02. The summed E-state index contributed by atoms with van der Waals surface area (Å²) in [6.45, 7) is 0. The van der Waals surface area contributed by atoms with E-state index in [1.54, 1.807) is 6.20 Å². The lowest BCUT2D eigenvalue weighted by Gasteiger charge is -2.17. The van der Waals surface area contributed by atoms with Crippen LogP contribution in [0.2, 0.25) is 0 Å². The number of alkyl halides is 1. The average Bonchev–Trinajstić information content (AvgIpc) is 3.03. The van der Waals surface area contributed by atoms with Crippen molar-refractivity contribution in [2.75, 3.05) is 14.2 Å². The number of aromatic nitrogens is 2. The van der Waals surface area contributed by atoms with Crippen molar-refractivity contribution >= 4 is 47.8 Å². The lowest BCUT2D eigenvalue weighted by Crippen LogP contribution is -2.24. The highest BCUT2D eigenvalue weighted by atomic mass is 35.5. The molecule has 2 rings (SSSR count). The van der Waals surface area contributed by atoms with Crippen LogP contribution in [-0.4, -0.2) is 44.2 Å². The number of nitrogens with zero attached hydrogens (tertiary/aromatic N) is 1. The topological polar surface area (TPSA) is 81.3 Å². The zero-order chi connectivity index (χ0) is 17.0. The first-order valence-electron chi connectivity index (χ1n) is 7.16. The summed E-state index contributed by atoms with van der Waals surface area (Å²) >= 11 is 6.10. The second-order valence-corrected chi connectivity index (χ2v) is 5.60.